The van der Waals surface area contributed by atoms with E-state index in [1.165, 1.54) is 0 Å². The van der Waals surface area contributed by atoms with Crippen molar-refractivity contribution in [3.8, 4) is 5.75 Å². The first-order chi connectivity index (χ1) is 9.96. The first-order valence-corrected chi connectivity index (χ1v) is 8.69. The molecule has 21 heavy (non-hydrogen) atoms. The number of rotatable bonds is 7. The van der Waals surface area contributed by atoms with Crippen molar-refractivity contribution in [3.05, 3.63) is 24.3 Å². The maximum absolute atomic E-state index is 11.9. The van der Waals surface area contributed by atoms with Crippen LogP contribution in [0.2, 0.25) is 0 Å². The minimum atomic E-state index is -3.33. The smallest absolute Gasteiger partial charge is 0.214 e. The molecular formula is C14H22N2O4S. The lowest BCUT2D eigenvalue weighted by atomic mass is 10.0. The molecule has 2 atom stereocenters. The molecule has 0 aromatic heterocycles. The zero-order valence-electron chi connectivity index (χ0n) is 12.1. The second kappa shape index (κ2) is 7.11. The fourth-order valence-corrected chi connectivity index (χ4v) is 3.10. The van der Waals surface area contributed by atoms with Crippen LogP contribution in [-0.4, -0.2) is 40.0 Å². The number of ether oxygens (including phenoxy) is 2. The molecule has 7 heteroatoms. The zero-order valence-corrected chi connectivity index (χ0v) is 12.9. The third kappa shape index (κ3) is 5.18. The Balaban J connectivity index is 1.72. The number of hydrogen-bond donors (Lipinski definition) is 2. The van der Waals surface area contributed by atoms with E-state index in [1.54, 1.807) is 24.3 Å². The first-order valence-electron chi connectivity index (χ1n) is 7.03. The maximum Gasteiger partial charge on any atom is 0.214 e. The Bertz CT molecular complexity index is 545. The molecule has 6 nitrogen and oxygen atoms in total. The Morgan fingerprint density at radius 1 is 1.38 bits per heavy atom. The van der Waals surface area contributed by atoms with Crippen LogP contribution >= 0.6 is 0 Å². The predicted molar refractivity (Wildman–Crippen MR) is 81.7 cm³/mol. The van der Waals surface area contributed by atoms with Gasteiger partial charge < -0.3 is 15.2 Å². The molecule has 1 saturated heterocycles. The molecule has 1 aromatic carbocycles. The number of hydrogen-bond acceptors (Lipinski definition) is 5. The highest BCUT2D eigenvalue weighted by Crippen LogP contribution is 2.19. The predicted octanol–water partition coefficient (Wildman–Crippen LogP) is 0.992. The van der Waals surface area contributed by atoms with Crippen molar-refractivity contribution in [3.63, 3.8) is 0 Å². The van der Waals surface area contributed by atoms with E-state index >= 15 is 0 Å². The normalized spacial score (nSPS) is 22.3. The largest absolute Gasteiger partial charge is 0.492 e. The lowest BCUT2D eigenvalue weighted by Gasteiger charge is -2.15. The van der Waals surface area contributed by atoms with Crippen molar-refractivity contribution in [2.75, 3.05) is 31.2 Å². The minimum absolute atomic E-state index is 0.0701. The second-order valence-corrected chi connectivity index (χ2v) is 7.14. The summed E-state index contributed by atoms with van der Waals surface area (Å²) in [5.41, 5.74) is 6.21. The summed E-state index contributed by atoms with van der Waals surface area (Å²) in [6, 6.07) is 6.85. The van der Waals surface area contributed by atoms with Crippen LogP contribution in [0.5, 0.6) is 5.75 Å². The first kappa shape index (κ1) is 16.1. The number of benzene rings is 1. The molecule has 2 unspecified atom stereocenters. The van der Waals surface area contributed by atoms with E-state index < -0.39 is 10.0 Å². The van der Waals surface area contributed by atoms with Gasteiger partial charge in [0, 0.05) is 24.8 Å². The van der Waals surface area contributed by atoms with Crippen LogP contribution in [0, 0.1) is 5.92 Å². The maximum atomic E-state index is 11.9. The summed E-state index contributed by atoms with van der Waals surface area (Å²) >= 11 is 0. The van der Waals surface area contributed by atoms with Gasteiger partial charge in [-0.15, -0.1) is 0 Å². The molecule has 0 bridgehead atoms. The van der Waals surface area contributed by atoms with E-state index in [4.69, 9.17) is 15.2 Å². The summed E-state index contributed by atoms with van der Waals surface area (Å²) in [4.78, 5) is 0. The molecule has 1 heterocycles. The molecule has 0 spiro atoms. The second-order valence-electron chi connectivity index (χ2n) is 5.21. The van der Waals surface area contributed by atoms with Crippen LogP contribution in [0.15, 0.2) is 24.3 Å². The van der Waals surface area contributed by atoms with Gasteiger partial charge in [-0.25, -0.2) is 13.1 Å². The fraction of sp³-hybridized carbons (Fsp3) is 0.571. The summed E-state index contributed by atoms with van der Waals surface area (Å²) in [6.45, 7) is 3.20. The summed E-state index contributed by atoms with van der Waals surface area (Å²) in [7, 11) is -3.33. The number of nitrogens with one attached hydrogen (secondary N) is 1. The van der Waals surface area contributed by atoms with Crippen LogP contribution in [-0.2, 0) is 14.8 Å². The third-order valence-electron chi connectivity index (χ3n) is 3.60. The molecular weight excluding hydrogens is 292 g/mol. The van der Waals surface area contributed by atoms with Crippen molar-refractivity contribution in [1.82, 2.24) is 4.72 Å². The lowest BCUT2D eigenvalue weighted by molar-refractivity contribution is 0.107. The van der Waals surface area contributed by atoms with Crippen molar-refractivity contribution in [2.24, 2.45) is 5.92 Å². The summed E-state index contributed by atoms with van der Waals surface area (Å²) < 4.78 is 37.2. The van der Waals surface area contributed by atoms with Gasteiger partial charge in [0.2, 0.25) is 10.0 Å². The molecule has 2 rings (SSSR count). The Morgan fingerprint density at radius 3 is 2.71 bits per heavy atom. The van der Waals surface area contributed by atoms with Crippen LogP contribution in [0.4, 0.5) is 5.69 Å². The van der Waals surface area contributed by atoms with E-state index in [0.29, 0.717) is 24.6 Å². The van der Waals surface area contributed by atoms with Crippen LogP contribution in [0.1, 0.15) is 13.3 Å². The average molecular weight is 314 g/mol. The number of sulfonamides is 1. The number of anilines is 1. The van der Waals surface area contributed by atoms with Gasteiger partial charge in [-0.2, -0.15) is 0 Å². The molecule has 118 valence electrons. The van der Waals surface area contributed by atoms with Crippen LogP contribution < -0.4 is 15.2 Å². The Labute approximate surface area is 125 Å². The van der Waals surface area contributed by atoms with Crippen molar-refractivity contribution < 1.29 is 17.9 Å². The minimum Gasteiger partial charge on any atom is -0.492 e. The van der Waals surface area contributed by atoms with Crippen LogP contribution in [0.25, 0.3) is 0 Å². The SMILES string of the molecule is CC1OCCC1CNS(=O)(=O)CCOc1ccc(N)cc1. The number of nitrogen functional groups attached to an aromatic ring is 1. The molecule has 0 aliphatic carbocycles. The Hall–Kier alpha value is -1.31. The van der Waals surface area contributed by atoms with Crippen molar-refractivity contribution in [2.45, 2.75) is 19.4 Å². The molecule has 1 aromatic rings. The Kier molecular flexibility index (Phi) is 5.44. The van der Waals surface area contributed by atoms with E-state index in [1.807, 2.05) is 6.92 Å². The summed E-state index contributed by atoms with van der Waals surface area (Å²) in [6.07, 6.45) is 1.00. The van der Waals surface area contributed by atoms with Gasteiger partial charge in [-0.05, 0) is 37.6 Å². The highest BCUT2D eigenvalue weighted by molar-refractivity contribution is 7.89. The molecule has 0 saturated carbocycles. The van der Waals surface area contributed by atoms with Gasteiger partial charge in [0.05, 0.1) is 11.9 Å². The monoisotopic (exact) mass is 314 g/mol. The van der Waals surface area contributed by atoms with E-state index in [0.717, 1.165) is 6.42 Å². The topological polar surface area (TPSA) is 90.6 Å². The van der Waals surface area contributed by atoms with Gasteiger partial charge in [0.1, 0.15) is 12.4 Å². The molecule has 3 N–H and O–H groups in total. The highest BCUT2D eigenvalue weighted by Gasteiger charge is 2.25. The molecule has 0 radical (unpaired) electrons. The van der Waals surface area contributed by atoms with Crippen molar-refractivity contribution in [1.29, 1.82) is 0 Å². The van der Waals surface area contributed by atoms with Gasteiger partial charge in [0.15, 0.2) is 0 Å². The average Bonchev–Trinajstić information content (AvgIpc) is 2.84. The molecule has 1 aliphatic rings. The fourth-order valence-electron chi connectivity index (χ4n) is 2.18. The van der Waals surface area contributed by atoms with Crippen LogP contribution in [0.3, 0.4) is 0 Å². The highest BCUT2D eigenvalue weighted by atomic mass is 32.2. The molecule has 1 aliphatic heterocycles. The van der Waals surface area contributed by atoms with Gasteiger partial charge >= 0.3 is 0 Å². The van der Waals surface area contributed by atoms with Gasteiger partial charge in [-0.1, -0.05) is 0 Å². The van der Waals surface area contributed by atoms with E-state index in [2.05, 4.69) is 4.72 Å². The Morgan fingerprint density at radius 2 is 2.10 bits per heavy atom. The molecule has 0 amide bonds. The van der Waals surface area contributed by atoms with Gasteiger partial charge in [0.25, 0.3) is 0 Å². The standard InChI is InChI=1S/C14H22N2O4S/c1-11-12(6-7-19-11)10-16-21(17,18)9-8-20-14-4-2-13(15)3-5-14/h2-5,11-12,16H,6-10,15H2,1H3. The van der Waals surface area contributed by atoms with E-state index in [9.17, 15) is 8.42 Å². The van der Waals surface area contributed by atoms with Gasteiger partial charge in [-0.3, -0.25) is 0 Å². The summed E-state index contributed by atoms with van der Waals surface area (Å²) in [5.74, 6) is 0.786. The third-order valence-corrected chi connectivity index (χ3v) is 4.91. The zero-order chi connectivity index (χ0) is 15.3. The number of nitrogens with two attached hydrogens (primary N) is 1. The summed E-state index contributed by atoms with van der Waals surface area (Å²) in [5, 5.41) is 0. The quantitative estimate of drug-likeness (QED) is 0.733. The lowest BCUT2D eigenvalue weighted by Crippen LogP contribution is -2.34. The molecule has 1 fully saturated rings. The van der Waals surface area contributed by atoms with E-state index in [-0.39, 0.29) is 24.4 Å². The van der Waals surface area contributed by atoms with Crippen molar-refractivity contribution >= 4 is 15.7 Å².